The Morgan fingerprint density at radius 1 is 1.11 bits per heavy atom. The summed E-state index contributed by atoms with van der Waals surface area (Å²) in [5.41, 5.74) is 8.37. The topological polar surface area (TPSA) is 87.5 Å². The molecule has 1 saturated heterocycles. The molecule has 1 aromatic carbocycles. The standard InChI is InChI=1S/C20H34N4O2S/c1-15(2)27(25,26)23-19-5-3-16(4-6-19)13-22-18-7-9-20(10-8-18)24-12-11-17(21)14-24/h7-10,15-17,19,22-23H,3-6,11-14,21H2,1-2H3. The molecule has 152 valence electrons. The van der Waals surface area contributed by atoms with Crippen molar-refractivity contribution < 1.29 is 8.42 Å². The van der Waals surface area contributed by atoms with Crippen LogP contribution in [0, 0.1) is 5.92 Å². The van der Waals surface area contributed by atoms with Crippen LogP contribution in [0.4, 0.5) is 11.4 Å². The molecule has 1 unspecified atom stereocenters. The summed E-state index contributed by atoms with van der Waals surface area (Å²) in [5.74, 6) is 0.598. The molecule has 1 aliphatic carbocycles. The van der Waals surface area contributed by atoms with E-state index in [4.69, 9.17) is 5.73 Å². The van der Waals surface area contributed by atoms with Crippen LogP contribution in [0.1, 0.15) is 46.0 Å². The van der Waals surface area contributed by atoms with Gasteiger partial charge in [-0.05, 0) is 76.1 Å². The molecule has 1 aromatic rings. The van der Waals surface area contributed by atoms with Gasteiger partial charge in [0.05, 0.1) is 5.25 Å². The van der Waals surface area contributed by atoms with Crippen LogP contribution in [0.5, 0.6) is 0 Å². The number of sulfonamides is 1. The van der Waals surface area contributed by atoms with Gasteiger partial charge in [-0.25, -0.2) is 13.1 Å². The molecular weight excluding hydrogens is 360 g/mol. The molecule has 1 atom stereocenters. The van der Waals surface area contributed by atoms with Gasteiger partial charge in [0.1, 0.15) is 0 Å². The molecule has 1 heterocycles. The minimum absolute atomic E-state index is 0.0970. The summed E-state index contributed by atoms with van der Waals surface area (Å²) in [7, 11) is -3.16. The highest BCUT2D eigenvalue weighted by molar-refractivity contribution is 7.90. The van der Waals surface area contributed by atoms with Gasteiger partial charge in [0, 0.05) is 43.1 Å². The normalized spacial score (nSPS) is 26.5. The summed E-state index contributed by atoms with van der Waals surface area (Å²) in [6.07, 6.45) is 5.03. The van der Waals surface area contributed by atoms with E-state index in [1.54, 1.807) is 13.8 Å². The van der Waals surface area contributed by atoms with Gasteiger partial charge in [0.2, 0.25) is 10.0 Å². The molecule has 2 fully saturated rings. The first-order valence-electron chi connectivity index (χ1n) is 10.2. The molecule has 7 heteroatoms. The van der Waals surface area contributed by atoms with Gasteiger partial charge < -0.3 is 16.0 Å². The zero-order valence-corrected chi connectivity index (χ0v) is 17.3. The minimum atomic E-state index is -3.16. The van der Waals surface area contributed by atoms with Gasteiger partial charge in [0.25, 0.3) is 0 Å². The molecular formula is C20H34N4O2S. The van der Waals surface area contributed by atoms with Gasteiger partial charge >= 0.3 is 0 Å². The zero-order valence-electron chi connectivity index (χ0n) is 16.5. The molecule has 0 amide bonds. The Bertz CT molecular complexity index is 697. The highest BCUT2D eigenvalue weighted by Gasteiger charge is 2.26. The molecule has 4 N–H and O–H groups in total. The third-order valence-electron chi connectivity index (χ3n) is 5.85. The second-order valence-electron chi connectivity index (χ2n) is 8.35. The lowest BCUT2D eigenvalue weighted by Gasteiger charge is -2.29. The third-order valence-corrected chi connectivity index (χ3v) is 7.75. The second-order valence-corrected chi connectivity index (χ2v) is 10.6. The molecule has 0 radical (unpaired) electrons. The van der Waals surface area contributed by atoms with E-state index in [1.165, 1.54) is 5.69 Å². The van der Waals surface area contributed by atoms with E-state index in [0.717, 1.165) is 57.4 Å². The van der Waals surface area contributed by atoms with Crippen LogP contribution in [-0.4, -0.2) is 45.4 Å². The predicted octanol–water partition coefficient (Wildman–Crippen LogP) is 2.52. The average Bonchev–Trinajstić information content (AvgIpc) is 3.07. The fourth-order valence-corrected chi connectivity index (χ4v) is 4.90. The van der Waals surface area contributed by atoms with Crippen LogP contribution in [0.25, 0.3) is 0 Å². The smallest absolute Gasteiger partial charge is 0.214 e. The van der Waals surface area contributed by atoms with Crippen LogP contribution in [0.15, 0.2) is 24.3 Å². The lowest BCUT2D eigenvalue weighted by Crippen LogP contribution is -2.41. The van der Waals surface area contributed by atoms with Crippen molar-refractivity contribution in [2.24, 2.45) is 11.7 Å². The van der Waals surface area contributed by atoms with Crippen LogP contribution in [0.3, 0.4) is 0 Å². The van der Waals surface area contributed by atoms with Gasteiger partial charge in [-0.15, -0.1) is 0 Å². The fraction of sp³-hybridized carbons (Fsp3) is 0.700. The Hall–Kier alpha value is -1.31. The van der Waals surface area contributed by atoms with Crippen molar-refractivity contribution in [2.45, 2.75) is 63.3 Å². The van der Waals surface area contributed by atoms with Gasteiger partial charge in [-0.2, -0.15) is 0 Å². The molecule has 0 aromatic heterocycles. The fourth-order valence-electron chi connectivity index (χ4n) is 3.93. The molecule has 1 saturated carbocycles. The minimum Gasteiger partial charge on any atom is -0.385 e. The van der Waals surface area contributed by atoms with E-state index in [2.05, 4.69) is 39.2 Å². The Labute approximate surface area is 163 Å². The van der Waals surface area contributed by atoms with Crippen molar-refractivity contribution >= 4 is 21.4 Å². The SMILES string of the molecule is CC(C)S(=O)(=O)NC1CCC(CNc2ccc(N3CCC(N)C3)cc2)CC1. The van der Waals surface area contributed by atoms with Crippen molar-refractivity contribution in [1.29, 1.82) is 0 Å². The number of hydrogen-bond donors (Lipinski definition) is 3. The van der Waals surface area contributed by atoms with E-state index < -0.39 is 10.0 Å². The molecule has 2 aliphatic rings. The maximum Gasteiger partial charge on any atom is 0.214 e. The predicted molar refractivity (Wildman–Crippen MR) is 113 cm³/mol. The van der Waals surface area contributed by atoms with Crippen LogP contribution in [-0.2, 0) is 10.0 Å². The summed E-state index contributed by atoms with van der Waals surface area (Å²) in [6.45, 7) is 6.37. The van der Waals surface area contributed by atoms with E-state index in [-0.39, 0.29) is 11.3 Å². The Kier molecular flexibility index (Phi) is 6.65. The quantitative estimate of drug-likeness (QED) is 0.661. The average molecular weight is 395 g/mol. The largest absolute Gasteiger partial charge is 0.385 e. The Balaban J connectivity index is 1.41. The number of rotatable bonds is 7. The molecule has 0 spiro atoms. The summed E-state index contributed by atoms with van der Waals surface area (Å²) in [5, 5.41) is 3.18. The van der Waals surface area contributed by atoms with Crippen LogP contribution >= 0.6 is 0 Å². The van der Waals surface area contributed by atoms with Crippen molar-refractivity contribution in [3.8, 4) is 0 Å². The van der Waals surface area contributed by atoms with Gasteiger partial charge in [0.15, 0.2) is 0 Å². The van der Waals surface area contributed by atoms with Gasteiger partial charge in [-0.1, -0.05) is 0 Å². The summed E-state index contributed by atoms with van der Waals surface area (Å²) in [6, 6.07) is 9.00. The number of anilines is 2. The monoisotopic (exact) mass is 394 g/mol. The highest BCUT2D eigenvalue weighted by Crippen LogP contribution is 2.26. The lowest BCUT2D eigenvalue weighted by molar-refractivity contribution is 0.323. The zero-order chi connectivity index (χ0) is 19.4. The summed E-state index contributed by atoms with van der Waals surface area (Å²) >= 11 is 0. The van der Waals surface area contributed by atoms with E-state index >= 15 is 0 Å². The van der Waals surface area contributed by atoms with E-state index in [1.807, 2.05) is 0 Å². The van der Waals surface area contributed by atoms with Crippen LogP contribution in [0.2, 0.25) is 0 Å². The van der Waals surface area contributed by atoms with E-state index in [0.29, 0.717) is 12.0 Å². The first kappa shape index (κ1) is 20.4. The Morgan fingerprint density at radius 2 is 1.78 bits per heavy atom. The first-order chi connectivity index (χ1) is 12.8. The lowest BCUT2D eigenvalue weighted by atomic mass is 9.86. The number of nitrogens with zero attached hydrogens (tertiary/aromatic N) is 1. The van der Waals surface area contributed by atoms with Gasteiger partial charge in [-0.3, -0.25) is 0 Å². The number of benzene rings is 1. The third kappa shape index (κ3) is 5.59. The maximum atomic E-state index is 12.0. The number of nitrogens with one attached hydrogen (secondary N) is 2. The maximum absolute atomic E-state index is 12.0. The second kappa shape index (κ2) is 8.80. The molecule has 1 aliphatic heterocycles. The molecule has 3 rings (SSSR count). The highest BCUT2D eigenvalue weighted by atomic mass is 32.2. The number of nitrogens with two attached hydrogens (primary N) is 1. The van der Waals surface area contributed by atoms with Crippen LogP contribution < -0.4 is 20.7 Å². The molecule has 0 bridgehead atoms. The van der Waals surface area contributed by atoms with Crippen molar-refractivity contribution in [1.82, 2.24) is 4.72 Å². The number of hydrogen-bond acceptors (Lipinski definition) is 5. The Morgan fingerprint density at radius 3 is 2.33 bits per heavy atom. The van der Waals surface area contributed by atoms with Crippen molar-refractivity contribution in [3.63, 3.8) is 0 Å². The summed E-state index contributed by atoms with van der Waals surface area (Å²) < 4.78 is 26.9. The molecule has 6 nitrogen and oxygen atoms in total. The first-order valence-corrected chi connectivity index (χ1v) is 11.7. The van der Waals surface area contributed by atoms with E-state index in [9.17, 15) is 8.42 Å². The van der Waals surface area contributed by atoms with Crippen molar-refractivity contribution in [2.75, 3.05) is 29.9 Å². The van der Waals surface area contributed by atoms with Crippen molar-refractivity contribution in [3.05, 3.63) is 24.3 Å². The molecule has 27 heavy (non-hydrogen) atoms. The summed E-state index contributed by atoms with van der Waals surface area (Å²) in [4.78, 5) is 2.34.